The Morgan fingerprint density at radius 2 is 2.20 bits per heavy atom. The minimum Gasteiger partial charge on any atom is -0.379 e. The molecule has 0 bridgehead atoms. The molecule has 82 valence electrons. The van der Waals surface area contributed by atoms with Crippen LogP contribution in [0.4, 0.5) is 5.82 Å². The van der Waals surface area contributed by atoms with E-state index in [4.69, 9.17) is 27.9 Å². The van der Waals surface area contributed by atoms with Crippen LogP contribution in [0.5, 0.6) is 0 Å². The summed E-state index contributed by atoms with van der Waals surface area (Å²) in [5.74, 6) is 0.690. The van der Waals surface area contributed by atoms with Crippen LogP contribution in [0.3, 0.4) is 0 Å². The van der Waals surface area contributed by atoms with Crippen molar-refractivity contribution in [1.82, 2.24) is 9.97 Å². The van der Waals surface area contributed by atoms with Crippen molar-refractivity contribution in [1.29, 1.82) is 0 Å². The van der Waals surface area contributed by atoms with E-state index in [1.165, 1.54) is 0 Å². The molecule has 1 aliphatic heterocycles. The molecule has 0 amide bonds. The number of nitrogens with one attached hydrogen (secondary N) is 1. The SMILES string of the molecule is Cc1c(Cl)nc(Cl)nc1N[C@@H]1CCOC1. The predicted molar refractivity (Wildman–Crippen MR) is 59.6 cm³/mol. The molecule has 1 fully saturated rings. The van der Waals surface area contributed by atoms with E-state index in [1.807, 2.05) is 6.92 Å². The van der Waals surface area contributed by atoms with Gasteiger partial charge >= 0.3 is 0 Å². The van der Waals surface area contributed by atoms with Gasteiger partial charge in [-0.25, -0.2) is 9.97 Å². The highest BCUT2D eigenvalue weighted by molar-refractivity contribution is 6.32. The van der Waals surface area contributed by atoms with Crippen molar-refractivity contribution in [2.45, 2.75) is 19.4 Å². The molecule has 1 atom stereocenters. The van der Waals surface area contributed by atoms with E-state index >= 15 is 0 Å². The number of aromatic nitrogens is 2. The molecule has 2 heterocycles. The molecule has 15 heavy (non-hydrogen) atoms. The first-order chi connectivity index (χ1) is 7.16. The summed E-state index contributed by atoms with van der Waals surface area (Å²) in [6.07, 6.45) is 0.971. The van der Waals surface area contributed by atoms with Crippen molar-refractivity contribution < 1.29 is 4.74 Å². The lowest BCUT2D eigenvalue weighted by Gasteiger charge is -2.13. The zero-order valence-electron chi connectivity index (χ0n) is 8.26. The summed E-state index contributed by atoms with van der Waals surface area (Å²) in [6.45, 7) is 3.33. The highest BCUT2D eigenvalue weighted by Crippen LogP contribution is 2.23. The normalized spacial score (nSPS) is 20.6. The zero-order chi connectivity index (χ0) is 10.8. The maximum atomic E-state index is 5.90. The Hall–Kier alpha value is -0.580. The van der Waals surface area contributed by atoms with Crippen molar-refractivity contribution in [3.8, 4) is 0 Å². The summed E-state index contributed by atoms with van der Waals surface area (Å²) in [5, 5.41) is 3.79. The third-order valence-electron chi connectivity index (χ3n) is 2.33. The van der Waals surface area contributed by atoms with E-state index in [1.54, 1.807) is 0 Å². The number of anilines is 1. The van der Waals surface area contributed by atoms with Crippen LogP contribution in [-0.4, -0.2) is 29.2 Å². The summed E-state index contributed by atoms with van der Waals surface area (Å²) in [5.41, 5.74) is 0.813. The number of rotatable bonds is 2. The fourth-order valence-corrected chi connectivity index (χ4v) is 1.83. The van der Waals surface area contributed by atoms with Gasteiger partial charge in [-0.1, -0.05) is 11.6 Å². The van der Waals surface area contributed by atoms with E-state index in [9.17, 15) is 0 Å². The van der Waals surface area contributed by atoms with Crippen LogP contribution in [0.15, 0.2) is 0 Å². The summed E-state index contributed by atoms with van der Waals surface area (Å²) < 4.78 is 5.26. The van der Waals surface area contributed by atoms with Gasteiger partial charge in [0.2, 0.25) is 5.28 Å². The van der Waals surface area contributed by atoms with Gasteiger partial charge < -0.3 is 10.1 Å². The second-order valence-electron chi connectivity index (χ2n) is 3.46. The van der Waals surface area contributed by atoms with Gasteiger partial charge in [-0.3, -0.25) is 0 Å². The Bertz CT molecular complexity index is 367. The van der Waals surface area contributed by atoms with Crippen molar-refractivity contribution >= 4 is 29.0 Å². The molecule has 6 heteroatoms. The number of nitrogens with zero attached hydrogens (tertiary/aromatic N) is 2. The van der Waals surface area contributed by atoms with Gasteiger partial charge in [0.25, 0.3) is 0 Å². The van der Waals surface area contributed by atoms with Crippen molar-refractivity contribution in [3.05, 3.63) is 16.0 Å². The fraction of sp³-hybridized carbons (Fsp3) is 0.556. The second-order valence-corrected chi connectivity index (χ2v) is 4.16. The Morgan fingerprint density at radius 1 is 1.40 bits per heavy atom. The van der Waals surface area contributed by atoms with Gasteiger partial charge in [-0.15, -0.1) is 0 Å². The molecular formula is C9H11Cl2N3O. The first kappa shape index (κ1) is 10.9. The van der Waals surface area contributed by atoms with Gasteiger partial charge in [-0.05, 0) is 24.9 Å². The monoisotopic (exact) mass is 247 g/mol. The molecule has 0 radical (unpaired) electrons. The minimum absolute atomic E-state index is 0.159. The number of ether oxygens (including phenoxy) is 1. The quantitative estimate of drug-likeness (QED) is 0.644. The van der Waals surface area contributed by atoms with Gasteiger partial charge in [0, 0.05) is 12.2 Å². The average molecular weight is 248 g/mol. The second kappa shape index (κ2) is 4.51. The van der Waals surface area contributed by atoms with Crippen molar-refractivity contribution in [3.63, 3.8) is 0 Å². The molecule has 1 aliphatic rings. The topological polar surface area (TPSA) is 47.0 Å². The Labute approximate surface area is 98.0 Å². The molecule has 0 unspecified atom stereocenters. The highest BCUT2D eigenvalue weighted by atomic mass is 35.5. The van der Waals surface area contributed by atoms with Crippen LogP contribution < -0.4 is 5.32 Å². The molecule has 1 aromatic heterocycles. The number of hydrogen-bond donors (Lipinski definition) is 1. The molecule has 0 aliphatic carbocycles. The molecule has 0 saturated carbocycles. The van der Waals surface area contributed by atoms with Gasteiger partial charge in [0.15, 0.2) is 0 Å². The average Bonchev–Trinajstić information content (AvgIpc) is 2.66. The molecule has 2 rings (SSSR count). The molecule has 1 saturated heterocycles. The Morgan fingerprint density at radius 3 is 2.87 bits per heavy atom. The predicted octanol–water partition coefficient (Wildman–Crippen LogP) is 2.29. The molecular weight excluding hydrogens is 237 g/mol. The van der Waals surface area contributed by atoms with E-state index in [0.717, 1.165) is 18.6 Å². The third kappa shape index (κ3) is 2.51. The van der Waals surface area contributed by atoms with Crippen molar-refractivity contribution in [2.75, 3.05) is 18.5 Å². The van der Waals surface area contributed by atoms with Crippen LogP contribution in [0.2, 0.25) is 10.4 Å². The van der Waals surface area contributed by atoms with Crippen LogP contribution in [0, 0.1) is 6.92 Å². The lowest BCUT2D eigenvalue weighted by molar-refractivity contribution is 0.195. The smallest absolute Gasteiger partial charge is 0.225 e. The molecule has 1 N–H and O–H groups in total. The van der Waals surface area contributed by atoms with E-state index in [-0.39, 0.29) is 11.3 Å². The summed E-state index contributed by atoms with van der Waals surface area (Å²) >= 11 is 11.6. The minimum atomic E-state index is 0.159. The maximum Gasteiger partial charge on any atom is 0.225 e. The Balaban J connectivity index is 2.19. The standard InChI is InChI=1S/C9H11Cl2N3O/c1-5-7(10)13-9(11)14-8(5)12-6-2-3-15-4-6/h6H,2-4H2,1H3,(H,12,13,14)/t6-/m1/s1. The van der Waals surface area contributed by atoms with Crippen LogP contribution in [-0.2, 0) is 4.74 Å². The van der Waals surface area contributed by atoms with Gasteiger partial charge in [0.1, 0.15) is 11.0 Å². The number of halogens is 2. The molecule has 4 nitrogen and oxygen atoms in total. The third-order valence-corrected chi connectivity index (χ3v) is 2.87. The highest BCUT2D eigenvalue weighted by Gasteiger charge is 2.18. The molecule has 1 aromatic rings. The lowest BCUT2D eigenvalue weighted by atomic mass is 10.2. The largest absolute Gasteiger partial charge is 0.379 e. The van der Waals surface area contributed by atoms with Gasteiger partial charge in [-0.2, -0.15) is 0 Å². The Kier molecular flexibility index (Phi) is 3.29. The summed E-state index contributed by atoms with van der Waals surface area (Å²) in [4.78, 5) is 7.96. The fourth-order valence-electron chi connectivity index (χ4n) is 1.45. The van der Waals surface area contributed by atoms with Crippen LogP contribution >= 0.6 is 23.2 Å². The van der Waals surface area contributed by atoms with Crippen molar-refractivity contribution in [2.24, 2.45) is 0 Å². The van der Waals surface area contributed by atoms with Gasteiger partial charge in [0.05, 0.1) is 12.6 Å². The van der Waals surface area contributed by atoms with E-state index in [0.29, 0.717) is 17.6 Å². The first-order valence-corrected chi connectivity index (χ1v) is 5.46. The maximum absolute atomic E-state index is 5.90. The van der Waals surface area contributed by atoms with E-state index < -0.39 is 0 Å². The summed E-state index contributed by atoms with van der Waals surface area (Å²) in [7, 11) is 0. The number of hydrogen-bond acceptors (Lipinski definition) is 4. The first-order valence-electron chi connectivity index (χ1n) is 4.70. The van der Waals surface area contributed by atoms with Crippen LogP contribution in [0.25, 0.3) is 0 Å². The molecule has 0 aromatic carbocycles. The summed E-state index contributed by atoms with van der Waals surface area (Å²) in [6, 6.07) is 0.283. The van der Waals surface area contributed by atoms with Crippen LogP contribution in [0.1, 0.15) is 12.0 Å². The lowest BCUT2D eigenvalue weighted by Crippen LogP contribution is -2.20. The van der Waals surface area contributed by atoms with E-state index in [2.05, 4.69) is 15.3 Å². The molecule has 0 spiro atoms. The zero-order valence-corrected chi connectivity index (χ0v) is 9.77.